The Morgan fingerprint density at radius 3 is 2.65 bits per heavy atom. The van der Waals surface area contributed by atoms with Crippen molar-refractivity contribution in [2.45, 2.75) is 13.0 Å². The fourth-order valence-corrected chi connectivity index (χ4v) is 3.50. The van der Waals surface area contributed by atoms with E-state index in [4.69, 9.17) is 9.26 Å². The van der Waals surface area contributed by atoms with E-state index in [0.29, 0.717) is 36.1 Å². The standard InChI is InChI=1S/C24H20N4O3/c1-16-11-12-25-13-20(16)24(29)28-14-18(15-28)30-21-10-6-5-9-19(21)23-26-22(27-31-23)17-7-3-2-4-8-17/h2-13,18H,14-15H2,1H3. The predicted molar refractivity (Wildman–Crippen MR) is 114 cm³/mol. The number of hydrogen-bond donors (Lipinski definition) is 0. The lowest BCUT2D eigenvalue weighted by Gasteiger charge is -2.39. The largest absolute Gasteiger partial charge is 0.486 e. The summed E-state index contributed by atoms with van der Waals surface area (Å²) >= 11 is 0. The van der Waals surface area contributed by atoms with Crippen molar-refractivity contribution in [3.8, 4) is 28.6 Å². The van der Waals surface area contributed by atoms with Crippen molar-refractivity contribution < 1.29 is 14.1 Å². The molecule has 0 N–H and O–H groups in total. The van der Waals surface area contributed by atoms with Gasteiger partial charge in [-0.25, -0.2) is 0 Å². The minimum absolute atomic E-state index is 0.0249. The first kappa shape index (κ1) is 19.0. The SMILES string of the molecule is Cc1ccncc1C(=O)N1CC(Oc2ccccc2-c2nc(-c3ccccc3)no2)C1. The number of rotatable bonds is 5. The third-order valence-electron chi connectivity index (χ3n) is 5.27. The van der Waals surface area contributed by atoms with Crippen LogP contribution in [0.3, 0.4) is 0 Å². The summed E-state index contributed by atoms with van der Waals surface area (Å²) in [6.07, 6.45) is 3.20. The predicted octanol–water partition coefficient (Wildman–Crippen LogP) is 4.01. The molecule has 1 saturated heterocycles. The molecule has 31 heavy (non-hydrogen) atoms. The van der Waals surface area contributed by atoms with Gasteiger partial charge in [0.1, 0.15) is 11.9 Å². The molecule has 5 rings (SSSR count). The van der Waals surface area contributed by atoms with Gasteiger partial charge in [-0.1, -0.05) is 47.6 Å². The molecule has 0 bridgehead atoms. The van der Waals surface area contributed by atoms with Crippen LogP contribution in [0.25, 0.3) is 22.8 Å². The molecule has 0 aliphatic carbocycles. The highest BCUT2D eigenvalue weighted by atomic mass is 16.5. The Labute approximate surface area is 179 Å². The van der Waals surface area contributed by atoms with Crippen molar-refractivity contribution in [3.63, 3.8) is 0 Å². The highest BCUT2D eigenvalue weighted by Crippen LogP contribution is 2.32. The van der Waals surface area contributed by atoms with E-state index in [1.807, 2.05) is 67.6 Å². The molecule has 0 atom stereocenters. The number of amides is 1. The molecule has 3 heterocycles. The van der Waals surface area contributed by atoms with Crippen LogP contribution >= 0.6 is 0 Å². The van der Waals surface area contributed by atoms with Crippen LogP contribution in [0.1, 0.15) is 15.9 Å². The maximum Gasteiger partial charge on any atom is 0.262 e. The van der Waals surface area contributed by atoms with Crippen LogP contribution in [0.5, 0.6) is 5.75 Å². The number of aromatic nitrogens is 3. The number of carbonyl (C=O) groups is 1. The summed E-state index contributed by atoms with van der Waals surface area (Å²) in [4.78, 5) is 23.0. The molecule has 1 amide bonds. The van der Waals surface area contributed by atoms with E-state index >= 15 is 0 Å². The molecule has 1 fully saturated rings. The summed E-state index contributed by atoms with van der Waals surface area (Å²) in [5.74, 6) is 1.55. The number of ether oxygens (including phenoxy) is 1. The minimum atomic E-state index is -0.0985. The summed E-state index contributed by atoms with van der Waals surface area (Å²) in [5, 5.41) is 4.09. The zero-order valence-corrected chi connectivity index (χ0v) is 16.9. The third-order valence-corrected chi connectivity index (χ3v) is 5.27. The molecule has 154 valence electrons. The number of aryl methyl sites for hydroxylation is 1. The Kier molecular flexibility index (Phi) is 4.92. The van der Waals surface area contributed by atoms with Crippen LogP contribution in [0.15, 0.2) is 77.6 Å². The van der Waals surface area contributed by atoms with Crippen molar-refractivity contribution in [2.24, 2.45) is 0 Å². The molecule has 4 aromatic rings. The van der Waals surface area contributed by atoms with E-state index in [9.17, 15) is 4.79 Å². The van der Waals surface area contributed by atoms with E-state index in [1.165, 1.54) is 0 Å². The number of carbonyl (C=O) groups excluding carboxylic acids is 1. The lowest BCUT2D eigenvalue weighted by molar-refractivity contribution is 0.0178. The van der Waals surface area contributed by atoms with Gasteiger partial charge in [-0.05, 0) is 30.7 Å². The lowest BCUT2D eigenvalue weighted by Crippen LogP contribution is -2.56. The molecule has 0 radical (unpaired) electrons. The summed E-state index contributed by atoms with van der Waals surface area (Å²) in [5.41, 5.74) is 3.15. The van der Waals surface area contributed by atoms with Crippen molar-refractivity contribution in [2.75, 3.05) is 13.1 Å². The summed E-state index contributed by atoms with van der Waals surface area (Å²) in [6.45, 7) is 2.94. The van der Waals surface area contributed by atoms with E-state index in [0.717, 1.165) is 16.7 Å². The first-order valence-corrected chi connectivity index (χ1v) is 10.0. The van der Waals surface area contributed by atoms with Crippen LogP contribution < -0.4 is 4.74 Å². The van der Waals surface area contributed by atoms with Gasteiger partial charge in [-0.2, -0.15) is 4.98 Å². The van der Waals surface area contributed by atoms with Crippen molar-refractivity contribution in [1.29, 1.82) is 0 Å². The van der Waals surface area contributed by atoms with E-state index in [1.54, 1.807) is 17.3 Å². The molecule has 2 aromatic carbocycles. The number of para-hydroxylation sites is 1. The molecule has 1 aliphatic heterocycles. The van der Waals surface area contributed by atoms with Gasteiger partial charge in [-0.3, -0.25) is 9.78 Å². The zero-order chi connectivity index (χ0) is 21.2. The summed E-state index contributed by atoms with van der Waals surface area (Å²) in [7, 11) is 0. The zero-order valence-electron chi connectivity index (χ0n) is 16.9. The second-order valence-corrected chi connectivity index (χ2v) is 7.43. The minimum Gasteiger partial charge on any atom is -0.486 e. The number of pyridine rings is 1. The van der Waals surface area contributed by atoms with Crippen LogP contribution in [0, 0.1) is 6.92 Å². The van der Waals surface area contributed by atoms with Crippen molar-refractivity contribution >= 4 is 5.91 Å². The number of nitrogens with zero attached hydrogens (tertiary/aromatic N) is 4. The number of hydrogen-bond acceptors (Lipinski definition) is 6. The Bertz CT molecular complexity index is 1220. The summed E-state index contributed by atoms with van der Waals surface area (Å²) < 4.78 is 11.7. The molecule has 0 unspecified atom stereocenters. The van der Waals surface area contributed by atoms with E-state index in [-0.39, 0.29) is 12.0 Å². The van der Waals surface area contributed by atoms with Crippen molar-refractivity contribution in [3.05, 3.63) is 84.2 Å². The number of likely N-dealkylation sites (tertiary alicyclic amines) is 1. The molecule has 7 heteroatoms. The van der Waals surface area contributed by atoms with Crippen molar-refractivity contribution in [1.82, 2.24) is 20.0 Å². The van der Waals surface area contributed by atoms with Crippen LogP contribution in [-0.4, -0.2) is 45.1 Å². The molecule has 0 spiro atoms. The lowest BCUT2D eigenvalue weighted by atomic mass is 10.1. The van der Waals surface area contributed by atoms with E-state index in [2.05, 4.69) is 15.1 Å². The first-order valence-electron chi connectivity index (χ1n) is 10.0. The van der Waals surface area contributed by atoms with Gasteiger partial charge in [0.15, 0.2) is 0 Å². The Morgan fingerprint density at radius 1 is 1.06 bits per heavy atom. The Balaban J connectivity index is 1.29. The van der Waals surface area contributed by atoms with Gasteiger partial charge in [0.05, 0.1) is 24.2 Å². The number of benzene rings is 2. The second kappa shape index (κ2) is 8.02. The summed E-state index contributed by atoms with van der Waals surface area (Å²) in [6, 6.07) is 19.1. The molecule has 7 nitrogen and oxygen atoms in total. The highest BCUT2D eigenvalue weighted by molar-refractivity contribution is 5.95. The van der Waals surface area contributed by atoms with Gasteiger partial charge in [0, 0.05) is 18.0 Å². The average molecular weight is 412 g/mol. The smallest absolute Gasteiger partial charge is 0.262 e. The fourth-order valence-electron chi connectivity index (χ4n) is 3.50. The molecule has 0 saturated carbocycles. The monoisotopic (exact) mass is 412 g/mol. The molecule has 2 aromatic heterocycles. The Hall–Kier alpha value is -4.00. The fraction of sp³-hybridized carbons (Fsp3) is 0.167. The van der Waals surface area contributed by atoms with Gasteiger partial charge in [-0.15, -0.1) is 0 Å². The van der Waals surface area contributed by atoms with Crippen LogP contribution in [0.4, 0.5) is 0 Å². The molecular weight excluding hydrogens is 392 g/mol. The topological polar surface area (TPSA) is 81.4 Å². The second-order valence-electron chi connectivity index (χ2n) is 7.43. The Morgan fingerprint density at radius 2 is 1.84 bits per heavy atom. The van der Waals surface area contributed by atoms with Gasteiger partial charge in [0.2, 0.25) is 5.82 Å². The third kappa shape index (κ3) is 3.77. The van der Waals surface area contributed by atoms with Crippen LogP contribution in [-0.2, 0) is 0 Å². The van der Waals surface area contributed by atoms with Gasteiger partial charge in [0.25, 0.3) is 11.8 Å². The average Bonchev–Trinajstić information content (AvgIpc) is 3.27. The highest BCUT2D eigenvalue weighted by Gasteiger charge is 2.34. The first-order chi connectivity index (χ1) is 15.2. The maximum atomic E-state index is 12.7. The van der Waals surface area contributed by atoms with Gasteiger partial charge < -0.3 is 14.2 Å². The molecular formula is C24H20N4O3. The quantitative estimate of drug-likeness (QED) is 0.493. The van der Waals surface area contributed by atoms with Crippen LogP contribution in [0.2, 0.25) is 0 Å². The normalized spacial score (nSPS) is 13.6. The maximum absolute atomic E-state index is 12.7. The molecule has 1 aliphatic rings. The van der Waals surface area contributed by atoms with Gasteiger partial charge >= 0.3 is 0 Å². The van der Waals surface area contributed by atoms with E-state index < -0.39 is 0 Å².